The Morgan fingerprint density at radius 2 is 0.625 bits per heavy atom. The molecule has 0 heterocycles. The van der Waals surface area contributed by atoms with Crippen molar-refractivity contribution >= 4 is 0 Å². The van der Waals surface area contributed by atoms with Crippen LogP contribution in [-0.4, -0.2) is 0 Å². The summed E-state index contributed by atoms with van der Waals surface area (Å²) in [5.41, 5.74) is 0. The van der Waals surface area contributed by atoms with Crippen molar-refractivity contribution in [2.24, 2.45) is 5.92 Å². The molecule has 1 atom stereocenters. The minimum Gasteiger partial charge on any atom is -0.0654 e. The van der Waals surface area contributed by atoms with Crippen molar-refractivity contribution in [3.05, 3.63) is 6.92 Å². The molecule has 0 saturated heterocycles. The van der Waals surface area contributed by atoms with E-state index in [1.807, 2.05) is 0 Å². The molecule has 193 valence electrons. The van der Waals surface area contributed by atoms with Gasteiger partial charge in [0.15, 0.2) is 0 Å². The fourth-order valence-electron chi connectivity index (χ4n) is 5.22. The lowest BCUT2D eigenvalue weighted by molar-refractivity contribution is 0.374. The van der Waals surface area contributed by atoms with Crippen LogP contribution in [0.2, 0.25) is 0 Å². The van der Waals surface area contributed by atoms with Gasteiger partial charge < -0.3 is 0 Å². The van der Waals surface area contributed by atoms with Crippen molar-refractivity contribution < 1.29 is 0 Å². The molecule has 0 fully saturated rings. The lowest BCUT2D eigenvalue weighted by Crippen LogP contribution is -2.01. The van der Waals surface area contributed by atoms with Gasteiger partial charge in [-0.25, -0.2) is 0 Å². The van der Waals surface area contributed by atoms with Gasteiger partial charge in [0, 0.05) is 0 Å². The third-order valence-electron chi connectivity index (χ3n) is 7.54. The molecule has 0 rings (SSSR count). The Labute approximate surface area is 206 Å². The fourth-order valence-corrected chi connectivity index (χ4v) is 5.22. The highest BCUT2D eigenvalue weighted by molar-refractivity contribution is 4.61. The quantitative estimate of drug-likeness (QED) is 0.104. The molecule has 0 aromatic heterocycles. The first-order valence-corrected chi connectivity index (χ1v) is 15.6. The Hall–Kier alpha value is 0. The van der Waals surface area contributed by atoms with Crippen LogP contribution in [0.15, 0.2) is 0 Å². The maximum atomic E-state index is 4.00. The number of rotatable bonds is 28. The van der Waals surface area contributed by atoms with E-state index in [1.54, 1.807) is 0 Å². The number of hydrogen-bond donors (Lipinski definition) is 0. The summed E-state index contributed by atoms with van der Waals surface area (Å²) in [6.07, 6.45) is 40.7. The van der Waals surface area contributed by atoms with E-state index < -0.39 is 0 Å². The number of hydrogen-bond acceptors (Lipinski definition) is 0. The molecule has 32 heavy (non-hydrogen) atoms. The van der Waals surface area contributed by atoms with Crippen molar-refractivity contribution in [2.75, 3.05) is 0 Å². The van der Waals surface area contributed by atoms with Crippen LogP contribution in [0.25, 0.3) is 0 Å². The molecular weight excluding hydrogens is 384 g/mol. The van der Waals surface area contributed by atoms with Crippen LogP contribution in [0.1, 0.15) is 194 Å². The summed E-state index contributed by atoms with van der Waals surface area (Å²) in [6, 6.07) is 0. The highest BCUT2D eigenvalue weighted by Gasteiger charge is 2.07. The smallest absolute Gasteiger partial charge is 0.0414 e. The molecule has 0 saturated carbocycles. The molecule has 0 bridgehead atoms. The largest absolute Gasteiger partial charge is 0.0654 e. The van der Waals surface area contributed by atoms with E-state index >= 15 is 0 Å². The zero-order valence-corrected chi connectivity index (χ0v) is 23.1. The monoisotopic (exact) mass is 450 g/mol. The Kier molecular flexibility index (Phi) is 29.0. The Morgan fingerprint density at radius 1 is 0.344 bits per heavy atom. The Morgan fingerprint density at radius 3 is 0.969 bits per heavy atom. The van der Waals surface area contributed by atoms with Gasteiger partial charge in [0.1, 0.15) is 0 Å². The molecule has 0 nitrogen and oxygen atoms in total. The molecule has 0 aliphatic heterocycles. The van der Waals surface area contributed by atoms with Crippen LogP contribution in [0.5, 0.6) is 0 Å². The highest BCUT2D eigenvalue weighted by atomic mass is 14.1. The topological polar surface area (TPSA) is 0 Å². The summed E-state index contributed by atoms with van der Waals surface area (Å²) in [6.45, 7) is 8.65. The summed E-state index contributed by atoms with van der Waals surface area (Å²) in [7, 11) is 0. The van der Waals surface area contributed by atoms with Gasteiger partial charge in [-0.1, -0.05) is 201 Å². The van der Waals surface area contributed by atoms with E-state index in [1.165, 1.54) is 173 Å². The normalized spacial score (nSPS) is 12.5. The first-order chi connectivity index (χ1) is 15.8. The van der Waals surface area contributed by atoms with Crippen LogP contribution in [-0.2, 0) is 0 Å². The van der Waals surface area contributed by atoms with Crippen molar-refractivity contribution in [3.8, 4) is 0 Å². The maximum absolute atomic E-state index is 4.00. The van der Waals surface area contributed by atoms with Crippen LogP contribution in [0, 0.1) is 12.8 Å². The van der Waals surface area contributed by atoms with Gasteiger partial charge in [-0.15, -0.1) is 0 Å². The van der Waals surface area contributed by atoms with Crippen LogP contribution in [0.4, 0.5) is 0 Å². The molecule has 0 aromatic carbocycles. The van der Waals surface area contributed by atoms with E-state index in [9.17, 15) is 0 Å². The first-order valence-electron chi connectivity index (χ1n) is 15.6. The van der Waals surface area contributed by atoms with Gasteiger partial charge in [-0.3, -0.25) is 0 Å². The van der Waals surface area contributed by atoms with E-state index in [0.29, 0.717) is 0 Å². The van der Waals surface area contributed by atoms with E-state index in [2.05, 4.69) is 20.8 Å². The first kappa shape index (κ1) is 32.0. The van der Waals surface area contributed by atoms with Gasteiger partial charge in [0.25, 0.3) is 0 Å². The van der Waals surface area contributed by atoms with Gasteiger partial charge in [0.2, 0.25) is 0 Å². The molecular formula is C32H65. The van der Waals surface area contributed by atoms with Crippen LogP contribution >= 0.6 is 0 Å². The summed E-state index contributed by atoms with van der Waals surface area (Å²) in [4.78, 5) is 0. The zero-order chi connectivity index (χ0) is 23.4. The molecule has 0 N–H and O–H groups in total. The zero-order valence-electron chi connectivity index (χ0n) is 23.1. The third kappa shape index (κ3) is 26.3. The van der Waals surface area contributed by atoms with Crippen molar-refractivity contribution in [3.63, 3.8) is 0 Å². The lowest BCUT2D eigenvalue weighted by Gasteiger charge is -2.16. The predicted molar refractivity (Wildman–Crippen MR) is 149 cm³/mol. The van der Waals surface area contributed by atoms with E-state index in [0.717, 1.165) is 12.3 Å². The second-order valence-electron chi connectivity index (χ2n) is 10.9. The van der Waals surface area contributed by atoms with Gasteiger partial charge in [-0.05, 0) is 5.92 Å². The van der Waals surface area contributed by atoms with Crippen molar-refractivity contribution in [2.45, 2.75) is 194 Å². The SMILES string of the molecule is [CH2]CCCCC(CCCC)CCCCCCCCCCCCCCCCCCCCCC. The van der Waals surface area contributed by atoms with Crippen LogP contribution in [0.3, 0.4) is 0 Å². The average Bonchev–Trinajstić information content (AvgIpc) is 2.81. The summed E-state index contributed by atoms with van der Waals surface area (Å²) >= 11 is 0. The standard InChI is InChI=1S/C32H65/c1-4-7-10-11-12-13-14-15-16-17-18-19-20-21-22-23-24-25-26-28-31-32(29-9-6-3)30-27-8-5-2/h32H,2,4-31H2,1,3H3. The second kappa shape index (κ2) is 29.0. The average molecular weight is 450 g/mol. The molecule has 0 aliphatic carbocycles. The molecule has 0 aromatic rings. The maximum Gasteiger partial charge on any atom is -0.0414 e. The van der Waals surface area contributed by atoms with Gasteiger partial charge >= 0.3 is 0 Å². The molecule has 1 unspecified atom stereocenters. The van der Waals surface area contributed by atoms with E-state index in [-0.39, 0.29) is 0 Å². The summed E-state index contributed by atoms with van der Waals surface area (Å²) in [5, 5.41) is 0. The van der Waals surface area contributed by atoms with Gasteiger partial charge in [0.05, 0.1) is 0 Å². The Bertz CT molecular complexity index is 307. The minimum absolute atomic E-state index is 1.01. The van der Waals surface area contributed by atoms with Crippen molar-refractivity contribution in [1.29, 1.82) is 0 Å². The van der Waals surface area contributed by atoms with Gasteiger partial charge in [-0.2, -0.15) is 0 Å². The molecule has 0 spiro atoms. The number of unbranched alkanes of at least 4 members (excludes halogenated alkanes) is 22. The molecule has 1 radical (unpaired) electrons. The summed E-state index contributed by atoms with van der Waals surface area (Å²) < 4.78 is 0. The second-order valence-corrected chi connectivity index (χ2v) is 10.9. The fraction of sp³-hybridized carbons (Fsp3) is 0.969. The Balaban J connectivity index is 3.25. The minimum atomic E-state index is 1.01. The van der Waals surface area contributed by atoms with E-state index in [4.69, 9.17) is 0 Å². The van der Waals surface area contributed by atoms with Crippen molar-refractivity contribution in [1.82, 2.24) is 0 Å². The molecule has 0 aliphatic rings. The molecule has 0 amide bonds. The third-order valence-corrected chi connectivity index (χ3v) is 7.54. The highest BCUT2D eigenvalue weighted by Crippen LogP contribution is 2.23. The lowest BCUT2D eigenvalue weighted by atomic mass is 9.90. The summed E-state index contributed by atoms with van der Waals surface area (Å²) in [5.74, 6) is 1.01. The van der Waals surface area contributed by atoms with Crippen LogP contribution < -0.4 is 0 Å². The predicted octanol–water partition coefficient (Wildman–Crippen LogP) is 12.4. The molecule has 0 heteroatoms.